The number of methoxy groups -OCH3 is 1. The zero-order chi connectivity index (χ0) is 14.6. The van der Waals surface area contributed by atoms with Crippen LogP contribution in [0.25, 0.3) is 0 Å². The predicted octanol–water partition coefficient (Wildman–Crippen LogP) is 2.37. The highest BCUT2D eigenvalue weighted by Crippen LogP contribution is 2.29. The lowest BCUT2D eigenvalue weighted by molar-refractivity contribution is -0.00484. The van der Waals surface area contributed by atoms with Gasteiger partial charge in [0.2, 0.25) is 0 Å². The fraction of sp³-hybridized carbons (Fsp3) is 0.688. The number of hydrogen-bond acceptors (Lipinski definition) is 4. The Balaban J connectivity index is 2.19. The average Bonchev–Trinajstić information content (AvgIpc) is 2.47. The molecule has 0 saturated carbocycles. The monoisotopic (exact) mass is 277 g/mol. The third kappa shape index (κ3) is 3.49. The van der Waals surface area contributed by atoms with Gasteiger partial charge in [-0.3, -0.25) is 0 Å². The number of piperidine rings is 1. The molecule has 2 N–H and O–H groups in total. The highest BCUT2D eigenvalue weighted by Gasteiger charge is 2.32. The topological polar surface area (TPSA) is 51.4 Å². The van der Waals surface area contributed by atoms with Gasteiger partial charge in [0.15, 0.2) is 0 Å². The molecule has 2 heterocycles. The Hall–Kier alpha value is -1.13. The summed E-state index contributed by atoms with van der Waals surface area (Å²) >= 11 is 0. The first-order valence-electron chi connectivity index (χ1n) is 7.57. The fourth-order valence-electron chi connectivity index (χ4n) is 2.85. The molecule has 112 valence electrons. The largest absolute Gasteiger partial charge is 0.377 e. The lowest BCUT2D eigenvalue weighted by Gasteiger charge is -2.40. The SMILES string of the molecule is CCC(N)Cc1cccnc1N1CCCC(C)(OC)C1. The van der Waals surface area contributed by atoms with E-state index in [1.165, 1.54) is 5.56 Å². The molecule has 2 rings (SSSR count). The van der Waals surface area contributed by atoms with Gasteiger partial charge in [-0.15, -0.1) is 0 Å². The van der Waals surface area contributed by atoms with Crippen LogP contribution < -0.4 is 10.6 Å². The quantitative estimate of drug-likeness (QED) is 0.897. The number of aromatic nitrogens is 1. The van der Waals surface area contributed by atoms with Gasteiger partial charge in [0.05, 0.1) is 5.60 Å². The van der Waals surface area contributed by atoms with E-state index in [4.69, 9.17) is 10.5 Å². The Morgan fingerprint density at radius 1 is 1.55 bits per heavy atom. The average molecular weight is 277 g/mol. The Bertz CT molecular complexity index is 437. The van der Waals surface area contributed by atoms with Crippen molar-refractivity contribution in [2.75, 3.05) is 25.1 Å². The van der Waals surface area contributed by atoms with Crippen molar-refractivity contribution >= 4 is 5.82 Å². The molecule has 0 bridgehead atoms. The van der Waals surface area contributed by atoms with Gasteiger partial charge >= 0.3 is 0 Å². The molecule has 2 unspecified atom stereocenters. The van der Waals surface area contributed by atoms with Gasteiger partial charge in [-0.1, -0.05) is 13.0 Å². The van der Waals surface area contributed by atoms with Crippen LogP contribution in [0.3, 0.4) is 0 Å². The van der Waals surface area contributed by atoms with Gasteiger partial charge in [-0.25, -0.2) is 4.98 Å². The molecule has 1 aromatic heterocycles. The van der Waals surface area contributed by atoms with Gasteiger partial charge < -0.3 is 15.4 Å². The summed E-state index contributed by atoms with van der Waals surface area (Å²) in [5, 5.41) is 0. The molecule has 0 aliphatic carbocycles. The predicted molar refractivity (Wildman–Crippen MR) is 83.1 cm³/mol. The van der Waals surface area contributed by atoms with E-state index in [1.54, 1.807) is 7.11 Å². The smallest absolute Gasteiger partial charge is 0.131 e. The Morgan fingerprint density at radius 3 is 3.05 bits per heavy atom. The number of rotatable bonds is 5. The van der Waals surface area contributed by atoms with Crippen LogP contribution in [0.4, 0.5) is 5.82 Å². The van der Waals surface area contributed by atoms with E-state index < -0.39 is 0 Å². The van der Waals surface area contributed by atoms with E-state index in [9.17, 15) is 0 Å². The zero-order valence-corrected chi connectivity index (χ0v) is 12.9. The summed E-state index contributed by atoms with van der Waals surface area (Å²) in [6.45, 7) is 6.25. The summed E-state index contributed by atoms with van der Waals surface area (Å²) in [5.74, 6) is 1.08. The molecule has 1 aliphatic heterocycles. The van der Waals surface area contributed by atoms with Gasteiger partial charge in [0.1, 0.15) is 5.82 Å². The van der Waals surface area contributed by atoms with E-state index in [2.05, 4.69) is 29.8 Å². The van der Waals surface area contributed by atoms with E-state index in [-0.39, 0.29) is 11.6 Å². The summed E-state index contributed by atoms with van der Waals surface area (Å²) in [4.78, 5) is 6.96. The second kappa shape index (κ2) is 6.55. The number of hydrogen-bond donors (Lipinski definition) is 1. The zero-order valence-electron chi connectivity index (χ0n) is 12.9. The number of nitrogens with zero attached hydrogens (tertiary/aromatic N) is 2. The van der Waals surface area contributed by atoms with Crippen LogP contribution >= 0.6 is 0 Å². The number of nitrogens with two attached hydrogens (primary N) is 1. The van der Waals surface area contributed by atoms with Crippen LogP contribution in [0.2, 0.25) is 0 Å². The van der Waals surface area contributed by atoms with Gasteiger partial charge in [0, 0.05) is 32.4 Å². The second-order valence-electron chi connectivity index (χ2n) is 6.04. The first-order chi connectivity index (χ1) is 9.58. The van der Waals surface area contributed by atoms with Gasteiger partial charge in [-0.2, -0.15) is 0 Å². The van der Waals surface area contributed by atoms with E-state index >= 15 is 0 Å². The minimum Gasteiger partial charge on any atom is -0.377 e. The van der Waals surface area contributed by atoms with Gasteiger partial charge in [-0.05, 0) is 44.2 Å². The molecule has 0 spiro atoms. The number of anilines is 1. The molecule has 4 heteroatoms. The molecular formula is C16H27N3O. The summed E-state index contributed by atoms with van der Waals surface area (Å²) in [7, 11) is 1.80. The van der Waals surface area contributed by atoms with Crippen molar-refractivity contribution in [3.05, 3.63) is 23.9 Å². The van der Waals surface area contributed by atoms with E-state index in [0.29, 0.717) is 0 Å². The first kappa shape index (κ1) is 15.3. The Kier molecular flexibility index (Phi) is 5.00. The lowest BCUT2D eigenvalue weighted by atomic mass is 9.94. The first-order valence-corrected chi connectivity index (χ1v) is 7.57. The standard InChI is InChI=1S/C16H27N3O/c1-4-14(17)11-13-7-5-9-18-15(13)19-10-6-8-16(2,12-19)20-3/h5,7,9,14H,4,6,8,10-12,17H2,1-3H3. The maximum atomic E-state index is 6.11. The Labute approximate surface area is 122 Å². The maximum Gasteiger partial charge on any atom is 0.131 e. The van der Waals surface area contributed by atoms with Crippen molar-refractivity contribution in [3.8, 4) is 0 Å². The molecule has 20 heavy (non-hydrogen) atoms. The van der Waals surface area contributed by atoms with E-state index in [0.717, 1.165) is 44.6 Å². The van der Waals surface area contributed by atoms with Crippen LogP contribution in [0.15, 0.2) is 18.3 Å². The molecule has 1 saturated heterocycles. The summed E-state index contributed by atoms with van der Waals surface area (Å²) in [5.41, 5.74) is 7.29. The lowest BCUT2D eigenvalue weighted by Crippen LogP contribution is -2.48. The summed E-state index contributed by atoms with van der Waals surface area (Å²) in [6.07, 6.45) is 6.00. The number of ether oxygens (including phenoxy) is 1. The highest BCUT2D eigenvalue weighted by molar-refractivity contribution is 5.48. The number of pyridine rings is 1. The van der Waals surface area contributed by atoms with Crippen molar-refractivity contribution in [3.63, 3.8) is 0 Å². The van der Waals surface area contributed by atoms with Crippen molar-refractivity contribution in [1.82, 2.24) is 4.98 Å². The maximum absolute atomic E-state index is 6.11. The third-order valence-electron chi connectivity index (χ3n) is 4.33. The van der Waals surface area contributed by atoms with Crippen molar-refractivity contribution in [1.29, 1.82) is 0 Å². The molecule has 2 atom stereocenters. The molecule has 0 amide bonds. The highest BCUT2D eigenvalue weighted by atomic mass is 16.5. The fourth-order valence-corrected chi connectivity index (χ4v) is 2.85. The van der Waals surface area contributed by atoms with Crippen LogP contribution in [0, 0.1) is 0 Å². The molecular weight excluding hydrogens is 250 g/mol. The van der Waals surface area contributed by atoms with Crippen LogP contribution in [0.1, 0.15) is 38.7 Å². The molecule has 4 nitrogen and oxygen atoms in total. The van der Waals surface area contributed by atoms with Crippen molar-refractivity contribution in [2.24, 2.45) is 5.73 Å². The Morgan fingerprint density at radius 2 is 2.35 bits per heavy atom. The second-order valence-corrected chi connectivity index (χ2v) is 6.04. The van der Waals surface area contributed by atoms with Gasteiger partial charge in [0.25, 0.3) is 0 Å². The molecule has 1 aliphatic rings. The van der Waals surface area contributed by atoms with Crippen molar-refractivity contribution < 1.29 is 4.74 Å². The third-order valence-corrected chi connectivity index (χ3v) is 4.33. The molecule has 1 aromatic rings. The van der Waals surface area contributed by atoms with Crippen LogP contribution in [-0.4, -0.2) is 36.8 Å². The minimum absolute atomic E-state index is 0.0695. The molecule has 0 aromatic carbocycles. The minimum atomic E-state index is -0.0695. The van der Waals surface area contributed by atoms with Crippen LogP contribution in [-0.2, 0) is 11.2 Å². The summed E-state index contributed by atoms with van der Waals surface area (Å²) in [6, 6.07) is 4.36. The summed E-state index contributed by atoms with van der Waals surface area (Å²) < 4.78 is 5.68. The van der Waals surface area contributed by atoms with Crippen molar-refractivity contribution in [2.45, 2.75) is 51.2 Å². The molecule has 0 radical (unpaired) electrons. The molecule has 1 fully saturated rings. The normalized spacial score (nSPS) is 24.7. The van der Waals surface area contributed by atoms with E-state index in [1.807, 2.05) is 12.3 Å². The van der Waals surface area contributed by atoms with Crippen LogP contribution in [0.5, 0.6) is 0 Å².